The van der Waals surface area contributed by atoms with Gasteiger partial charge in [-0.2, -0.15) is 5.10 Å². The highest BCUT2D eigenvalue weighted by Gasteiger charge is 2.35. The molecule has 1 aromatic rings. The first-order chi connectivity index (χ1) is 9.01. The lowest BCUT2D eigenvalue weighted by Crippen LogP contribution is -2.25. The van der Waals surface area contributed by atoms with Crippen LogP contribution in [-0.2, 0) is 20.9 Å². The van der Waals surface area contributed by atoms with Crippen molar-refractivity contribution in [2.45, 2.75) is 26.0 Å². The van der Waals surface area contributed by atoms with E-state index in [0.29, 0.717) is 12.2 Å². The molecule has 0 aromatic carbocycles. The quantitative estimate of drug-likeness (QED) is 0.832. The molecule has 7 nitrogen and oxygen atoms in total. The van der Waals surface area contributed by atoms with Gasteiger partial charge in [0.15, 0.2) is 0 Å². The molecular formula is C12H17N3O4. The van der Waals surface area contributed by atoms with E-state index in [2.05, 4.69) is 5.10 Å². The first kappa shape index (κ1) is 13.5. The molecule has 1 amide bonds. The molecule has 2 heterocycles. The number of hydrogen-bond donors (Lipinski definition) is 1. The summed E-state index contributed by atoms with van der Waals surface area (Å²) in [6, 6.07) is 0. The number of hydrogen-bond acceptors (Lipinski definition) is 4. The SMILES string of the molecule is CO[C@H](C)Cn1cc(N2C[C@H](C(=O)O)CC2=O)cn1. The number of carbonyl (C=O) groups is 2. The highest BCUT2D eigenvalue weighted by atomic mass is 16.5. The number of carboxylic acids is 1. The van der Waals surface area contributed by atoms with Gasteiger partial charge in [0.25, 0.3) is 0 Å². The van der Waals surface area contributed by atoms with Crippen molar-refractivity contribution in [2.75, 3.05) is 18.6 Å². The molecule has 1 aliphatic rings. The van der Waals surface area contributed by atoms with Gasteiger partial charge in [-0.1, -0.05) is 0 Å². The monoisotopic (exact) mass is 267 g/mol. The Kier molecular flexibility index (Phi) is 3.84. The predicted molar refractivity (Wildman–Crippen MR) is 66.8 cm³/mol. The summed E-state index contributed by atoms with van der Waals surface area (Å²) in [6.45, 7) is 2.71. The fraction of sp³-hybridized carbons (Fsp3) is 0.583. The third-order valence-electron chi connectivity index (χ3n) is 3.25. The van der Waals surface area contributed by atoms with Crippen molar-refractivity contribution in [2.24, 2.45) is 5.92 Å². The lowest BCUT2D eigenvalue weighted by Gasteiger charge is -2.13. The summed E-state index contributed by atoms with van der Waals surface area (Å²) in [4.78, 5) is 24.1. The molecule has 1 fully saturated rings. The lowest BCUT2D eigenvalue weighted by molar-refractivity contribution is -0.141. The second-order valence-electron chi connectivity index (χ2n) is 4.71. The summed E-state index contributed by atoms with van der Waals surface area (Å²) in [5.41, 5.74) is 0.636. The summed E-state index contributed by atoms with van der Waals surface area (Å²) in [5, 5.41) is 13.1. The first-order valence-electron chi connectivity index (χ1n) is 6.09. The van der Waals surface area contributed by atoms with Crippen LogP contribution in [0.5, 0.6) is 0 Å². The average molecular weight is 267 g/mol. The van der Waals surface area contributed by atoms with Gasteiger partial charge in [0.1, 0.15) is 0 Å². The van der Waals surface area contributed by atoms with Crippen LogP contribution in [0.25, 0.3) is 0 Å². The number of rotatable bonds is 5. The van der Waals surface area contributed by atoms with Crippen LogP contribution >= 0.6 is 0 Å². The van der Waals surface area contributed by atoms with Gasteiger partial charge < -0.3 is 14.7 Å². The highest BCUT2D eigenvalue weighted by Crippen LogP contribution is 2.24. The number of anilines is 1. The van der Waals surface area contributed by atoms with E-state index < -0.39 is 11.9 Å². The predicted octanol–water partition coefficient (Wildman–Crippen LogP) is 0.355. The molecule has 0 saturated carbocycles. The maximum Gasteiger partial charge on any atom is 0.308 e. The standard InChI is InChI=1S/C12H17N3O4/c1-8(19-2)5-14-7-10(4-13-14)15-6-9(12(17)18)3-11(15)16/h4,7-9H,3,5-6H2,1-2H3,(H,17,18)/t8-,9-/m1/s1. The minimum atomic E-state index is -0.934. The summed E-state index contributed by atoms with van der Waals surface area (Å²) in [5.74, 6) is -1.74. The zero-order chi connectivity index (χ0) is 14.0. The van der Waals surface area contributed by atoms with Crippen LogP contribution in [0.15, 0.2) is 12.4 Å². The van der Waals surface area contributed by atoms with E-state index in [4.69, 9.17) is 9.84 Å². The molecule has 0 unspecified atom stereocenters. The molecule has 0 bridgehead atoms. The van der Waals surface area contributed by atoms with Crippen molar-refractivity contribution in [3.8, 4) is 0 Å². The second kappa shape index (κ2) is 5.40. The van der Waals surface area contributed by atoms with Crippen molar-refractivity contribution in [1.82, 2.24) is 9.78 Å². The van der Waals surface area contributed by atoms with E-state index in [9.17, 15) is 9.59 Å². The fourth-order valence-corrected chi connectivity index (χ4v) is 2.05. The molecule has 2 rings (SSSR count). The normalized spacial score (nSPS) is 20.8. The maximum atomic E-state index is 11.8. The molecule has 0 radical (unpaired) electrons. The number of amides is 1. The Labute approximate surface area is 110 Å². The van der Waals surface area contributed by atoms with Gasteiger partial charge >= 0.3 is 5.97 Å². The molecule has 0 spiro atoms. The minimum absolute atomic E-state index is 0.0220. The molecular weight excluding hydrogens is 250 g/mol. The van der Waals surface area contributed by atoms with Gasteiger partial charge in [0.05, 0.1) is 30.5 Å². The van der Waals surface area contributed by atoms with Gasteiger partial charge in [0.2, 0.25) is 5.91 Å². The van der Waals surface area contributed by atoms with Crippen LogP contribution in [0.4, 0.5) is 5.69 Å². The maximum absolute atomic E-state index is 11.8. The van der Waals surface area contributed by atoms with Crippen LogP contribution in [0.3, 0.4) is 0 Å². The van der Waals surface area contributed by atoms with Crippen LogP contribution in [0.1, 0.15) is 13.3 Å². The molecule has 104 valence electrons. The Bertz CT molecular complexity index is 485. The number of aliphatic carboxylic acids is 1. The number of nitrogens with zero attached hydrogens (tertiary/aromatic N) is 3. The zero-order valence-electron chi connectivity index (χ0n) is 10.9. The van der Waals surface area contributed by atoms with Gasteiger partial charge in [-0.15, -0.1) is 0 Å². The van der Waals surface area contributed by atoms with E-state index in [-0.39, 0.29) is 25.0 Å². The number of methoxy groups -OCH3 is 1. The Hall–Kier alpha value is -1.89. The van der Waals surface area contributed by atoms with E-state index in [1.54, 1.807) is 24.2 Å². The Balaban J connectivity index is 2.06. The van der Waals surface area contributed by atoms with Crippen molar-refractivity contribution in [3.05, 3.63) is 12.4 Å². The van der Waals surface area contributed by atoms with Crippen LogP contribution < -0.4 is 4.90 Å². The van der Waals surface area contributed by atoms with Crippen molar-refractivity contribution >= 4 is 17.6 Å². The van der Waals surface area contributed by atoms with E-state index in [1.165, 1.54) is 4.90 Å². The smallest absolute Gasteiger partial charge is 0.308 e. The van der Waals surface area contributed by atoms with Gasteiger partial charge in [-0.25, -0.2) is 0 Å². The van der Waals surface area contributed by atoms with Crippen LogP contribution in [-0.4, -0.2) is 46.5 Å². The molecule has 1 N–H and O–H groups in total. The van der Waals surface area contributed by atoms with Gasteiger partial charge in [-0.05, 0) is 6.92 Å². The topological polar surface area (TPSA) is 84.7 Å². The largest absolute Gasteiger partial charge is 0.481 e. The molecule has 1 aliphatic heterocycles. The molecule has 1 saturated heterocycles. The number of carboxylic acid groups (broad SMARTS) is 1. The Morgan fingerprint density at radius 1 is 1.68 bits per heavy atom. The number of carbonyl (C=O) groups excluding carboxylic acids is 1. The second-order valence-corrected chi connectivity index (χ2v) is 4.71. The highest BCUT2D eigenvalue weighted by molar-refractivity contribution is 5.98. The van der Waals surface area contributed by atoms with Crippen molar-refractivity contribution in [1.29, 1.82) is 0 Å². The summed E-state index contributed by atoms with van der Waals surface area (Å²) < 4.78 is 6.82. The summed E-state index contributed by atoms with van der Waals surface area (Å²) in [7, 11) is 1.62. The minimum Gasteiger partial charge on any atom is -0.481 e. The summed E-state index contributed by atoms with van der Waals surface area (Å²) >= 11 is 0. The molecule has 7 heteroatoms. The fourth-order valence-electron chi connectivity index (χ4n) is 2.05. The van der Waals surface area contributed by atoms with Crippen LogP contribution in [0, 0.1) is 5.92 Å². The molecule has 1 aromatic heterocycles. The number of ether oxygens (including phenoxy) is 1. The zero-order valence-corrected chi connectivity index (χ0v) is 10.9. The van der Waals surface area contributed by atoms with E-state index >= 15 is 0 Å². The number of aromatic nitrogens is 2. The third kappa shape index (κ3) is 2.93. The Morgan fingerprint density at radius 3 is 3.00 bits per heavy atom. The molecule has 0 aliphatic carbocycles. The van der Waals surface area contributed by atoms with E-state index in [1.807, 2.05) is 6.92 Å². The summed E-state index contributed by atoms with van der Waals surface area (Å²) in [6.07, 6.45) is 3.38. The Morgan fingerprint density at radius 2 is 2.42 bits per heavy atom. The van der Waals surface area contributed by atoms with E-state index in [0.717, 1.165) is 0 Å². The lowest BCUT2D eigenvalue weighted by atomic mass is 10.1. The van der Waals surface area contributed by atoms with Crippen LogP contribution in [0.2, 0.25) is 0 Å². The molecule has 2 atom stereocenters. The van der Waals surface area contributed by atoms with Crippen molar-refractivity contribution < 1.29 is 19.4 Å². The first-order valence-corrected chi connectivity index (χ1v) is 6.09. The van der Waals surface area contributed by atoms with Gasteiger partial charge in [0, 0.05) is 26.3 Å². The van der Waals surface area contributed by atoms with Gasteiger partial charge in [-0.3, -0.25) is 14.3 Å². The molecule has 19 heavy (non-hydrogen) atoms. The third-order valence-corrected chi connectivity index (χ3v) is 3.25. The van der Waals surface area contributed by atoms with Crippen molar-refractivity contribution in [3.63, 3.8) is 0 Å². The average Bonchev–Trinajstić information content (AvgIpc) is 2.95.